The van der Waals surface area contributed by atoms with Crippen LogP contribution in [-0.4, -0.2) is 41.3 Å². The Morgan fingerprint density at radius 1 is 1.09 bits per heavy atom. The van der Waals surface area contributed by atoms with Crippen LogP contribution < -0.4 is 5.32 Å². The number of nitrogens with one attached hydrogen (secondary N) is 1. The van der Waals surface area contributed by atoms with Crippen LogP contribution >= 0.6 is 0 Å². The zero-order chi connectivity index (χ0) is 17.8. The first-order chi connectivity index (χ1) is 10.4. The maximum Gasteiger partial charge on any atom is 0.410 e. The van der Waals surface area contributed by atoms with Crippen molar-refractivity contribution in [3.63, 3.8) is 0 Å². The number of carbonyl (C=O) groups is 1. The molecule has 1 aliphatic carbocycles. The topological polar surface area (TPSA) is 41.6 Å². The molecule has 1 aliphatic rings. The fourth-order valence-electron chi connectivity index (χ4n) is 3.13. The normalized spacial score (nSPS) is 26.0. The molecule has 4 heteroatoms. The minimum Gasteiger partial charge on any atom is -0.444 e. The lowest BCUT2D eigenvalue weighted by atomic mass is 9.79. The first kappa shape index (κ1) is 20.3. The highest BCUT2D eigenvalue weighted by molar-refractivity contribution is 5.69. The highest BCUT2D eigenvalue weighted by atomic mass is 16.6. The zero-order valence-corrected chi connectivity index (χ0v) is 16.5. The fraction of sp³-hybridized carbons (Fsp3) is 0.947. The van der Waals surface area contributed by atoms with Crippen LogP contribution in [0.5, 0.6) is 0 Å². The largest absolute Gasteiger partial charge is 0.444 e. The van der Waals surface area contributed by atoms with E-state index in [1.54, 1.807) is 0 Å². The number of rotatable bonds is 4. The lowest BCUT2D eigenvalue weighted by Gasteiger charge is -2.38. The maximum absolute atomic E-state index is 12.5. The number of hydrogen-bond donors (Lipinski definition) is 1. The van der Waals surface area contributed by atoms with Gasteiger partial charge in [-0.2, -0.15) is 0 Å². The van der Waals surface area contributed by atoms with Crippen LogP contribution in [-0.2, 0) is 4.74 Å². The number of nitrogens with zero attached hydrogens (tertiary/aromatic N) is 1. The summed E-state index contributed by atoms with van der Waals surface area (Å²) >= 11 is 0. The lowest BCUT2D eigenvalue weighted by Crippen LogP contribution is -2.51. The summed E-state index contributed by atoms with van der Waals surface area (Å²) in [6.07, 6.45) is 3.56. The van der Waals surface area contributed by atoms with E-state index >= 15 is 0 Å². The van der Waals surface area contributed by atoms with E-state index in [4.69, 9.17) is 4.74 Å². The first-order valence-electron chi connectivity index (χ1n) is 9.14. The second-order valence-electron chi connectivity index (χ2n) is 9.22. The van der Waals surface area contributed by atoms with E-state index in [0.717, 1.165) is 18.4 Å². The van der Waals surface area contributed by atoms with E-state index in [0.29, 0.717) is 12.6 Å². The van der Waals surface area contributed by atoms with E-state index < -0.39 is 5.60 Å². The zero-order valence-electron chi connectivity index (χ0n) is 16.5. The molecule has 3 atom stereocenters. The minimum absolute atomic E-state index is 0.225. The lowest BCUT2D eigenvalue weighted by molar-refractivity contribution is 0.00628. The molecule has 1 rings (SSSR count). The molecule has 4 nitrogen and oxygen atoms in total. The van der Waals surface area contributed by atoms with Gasteiger partial charge in [0.1, 0.15) is 5.60 Å². The number of hydrogen-bond acceptors (Lipinski definition) is 3. The van der Waals surface area contributed by atoms with E-state index in [-0.39, 0.29) is 11.6 Å². The number of amides is 1. The van der Waals surface area contributed by atoms with Crippen molar-refractivity contribution in [3.8, 4) is 0 Å². The summed E-state index contributed by atoms with van der Waals surface area (Å²) in [5.74, 6) is 1.62. The molecular weight excluding hydrogens is 288 g/mol. The first-order valence-corrected chi connectivity index (χ1v) is 9.14. The highest BCUT2D eigenvalue weighted by Crippen LogP contribution is 2.29. The van der Waals surface area contributed by atoms with Crippen molar-refractivity contribution in [1.82, 2.24) is 10.2 Å². The van der Waals surface area contributed by atoms with Crippen molar-refractivity contribution in [2.45, 2.75) is 91.8 Å². The van der Waals surface area contributed by atoms with E-state index in [1.165, 1.54) is 19.3 Å². The number of ether oxygens (including phenoxy) is 1. The molecule has 0 heterocycles. The Labute approximate surface area is 143 Å². The molecule has 0 radical (unpaired) electrons. The van der Waals surface area contributed by atoms with E-state index in [9.17, 15) is 4.79 Å². The van der Waals surface area contributed by atoms with Crippen molar-refractivity contribution in [3.05, 3.63) is 0 Å². The molecule has 23 heavy (non-hydrogen) atoms. The van der Waals surface area contributed by atoms with Crippen molar-refractivity contribution < 1.29 is 9.53 Å². The molecule has 136 valence electrons. The summed E-state index contributed by atoms with van der Waals surface area (Å²) in [6.45, 7) is 18.1. The van der Waals surface area contributed by atoms with Gasteiger partial charge >= 0.3 is 6.09 Å². The Morgan fingerprint density at radius 2 is 1.70 bits per heavy atom. The van der Waals surface area contributed by atoms with Crippen LogP contribution in [0.4, 0.5) is 4.79 Å². The van der Waals surface area contributed by atoms with Gasteiger partial charge < -0.3 is 15.0 Å². The molecule has 0 spiro atoms. The van der Waals surface area contributed by atoms with Gasteiger partial charge in [0, 0.05) is 24.7 Å². The molecular formula is C19H38N2O2. The van der Waals surface area contributed by atoms with Crippen molar-refractivity contribution in [1.29, 1.82) is 0 Å². The molecule has 0 aliphatic heterocycles. The van der Waals surface area contributed by atoms with Crippen LogP contribution in [0, 0.1) is 11.8 Å². The summed E-state index contributed by atoms with van der Waals surface area (Å²) in [5, 5.41) is 3.64. The van der Waals surface area contributed by atoms with E-state index in [2.05, 4.69) is 39.9 Å². The maximum atomic E-state index is 12.5. The Morgan fingerprint density at radius 3 is 2.17 bits per heavy atom. The second kappa shape index (κ2) is 7.87. The third kappa shape index (κ3) is 7.11. The summed E-state index contributed by atoms with van der Waals surface area (Å²) < 4.78 is 5.56. The summed E-state index contributed by atoms with van der Waals surface area (Å²) in [6, 6.07) is 0.585. The molecule has 1 amide bonds. The van der Waals surface area contributed by atoms with Gasteiger partial charge in [0.05, 0.1) is 0 Å². The summed E-state index contributed by atoms with van der Waals surface area (Å²) in [7, 11) is 0. The van der Waals surface area contributed by atoms with Crippen LogP contribution in [0.2, 0.25) is 0 Å². The predicted molar refractivity (Wildman–Crippen MR) is 96.7 cm³/mol. The Bertz CT molecular complexity index is 382. The molecule has 3 unspecified atom stereocenters. The van der Waals surface area contributed by atoms with Crippen LogP contribution in [0.25, 0.3) is 0 Å². The van der Waals surface area contributed by atoms with Gasteiger partial charge in [-0.05, 0) is 72.6 Å². The van der Waals surface area contributed by atoms with Crippen molar-refractivity contribution in [2.75, 3.05) is 13.1 Å². The average Bonchev–Trinajstić information content (AvgIpc) is 2.35. The van der Waals surface area contributed by atoms with Gasteiger partial charge in [-0.25, -0.2) is 4.79 Å². The molecule has 0 saturated heterocycles. The standard InChI is InChI=1S/C19H38N2O2/c1-14-9-10-16(13-15(14)2)20-11-12-21(18(3,4)5)17(22)23-19(6,7)8/h14-16,20H,9-13H2,1-8H3. The average molecular weight is 327 g/mol. The molecule has 0 bridgehead atoms. The highest BCUT2D eigenvalue weighted by Gasteiger charge is 2.31. The SMILES string of the molecule is CC1CCC(NCCN(C(=O)OC(C)(C)C)C(C)(C)C)CC1C. The second-order valence-corrected chi connectivity index (χ2v) is 9.22. The van der Waals surface area contributed by atoms with Crippen LogP contribution in [0.3, 0.4) is 0 Å². The Hall–Kier alpha value is -0.770. The Kier molecular flexibility index (Phi) is 6.94. The fourth-order valence-corrected chi connectivity index (χ4v) is 3.13. The molecule has 1 fully saturated rings. The summed E-state index contributed by atoms with van der Waals surface area (Å²) in [4.78, 5) is 14.3. The van der Waals surface area contributed by atoms with E-state index in [1.807, 2.05) is 25.7 Å². The third-order valence-corrected chi connectivity index (χ3v) is 4.79. The van der Waals surface area contributed by atoms with Gasteiger partial charge in [0.15, 0.2) is 0 Å². The Balaban J connectivity index is 2.51. The predicted octanol–water partition coefficient (Wildman–Crippen LogP) is 4.44. The quantitative estimate of drug-likeness (QED) is 0.830. The monoisotopic (exact) mass is 326 g/mol. The van der Waals surface area contributed by atoms with Crippen molar-refractivity contribution in [2.24, 2.45) is 11.8 Å². The molecule has 1 N–H and O–H groups in total. The third-order valence-electron chi connectivity index (χ3n) is 4.79. The molecule has 0 aromatic carbocycles. The van der Waals surface area contributed by atoms with Crippen LogP contribution in [0.15, 0.2) is 0 Å². The van der Waals surface area contributed by atoms with Gasteiger partial charge in [0.25, 0.3) is 0 Å². The van der Waals surface area contributed by atoms with Crippen LogP contribution in [0.1, 0.15) is 74.7 Å². The molecule has 0 aromatic rings. The van der Waals surface area contributed by atoms with Gasteiger partial charge in [-0.3, -0.25) is 0 Å². The van der Waals surface area contributed by atoms with Gasteiger partial charge in [-0.1, -0.05) is 13.8 Å². The summed E-state index contributed by atoms with van der Waals surface area (Å²) in [5.41, 5.74) is -0.693. The minimum atomic E-state index is -0.455. The smallest absolute Gasteiger partial charge is 0.410 e. The van der Waals surface area contributed by atoms with Gasteiger partial charge in [-0.15, -0.1) is 0 Å². The number of carbonyl (C=O) groups excluding carboxylic acids is 1. The molecule has 0 aromatic heterocycles. The van der Waals surface area contributed by atoms with Gasteiger partial charge in [0.2, 0.25) is 0 Å². The van der Waals surface area contributed by atoms with Crippen molar-refractivity contribution >= 4 is 6.09 Å². The molecule has 1 saturated carbocycles.